The number of hydrogen-bond acceptors (Lipinski definition) is 3. The van der Waals surface area contributed by atoms with E-state index in [-0.39, 0.29) is 5.41 Å². The molecule has 1 fully saturated rings. The van der Waals surface area contributed by atoms with Crippen molar-refractivity contribution in [3.8, 4) is 0 Å². The Morgan fingerprint density at radius 2 is 2.05 bits per heavy atom. The first-order valence-corrected chi connectivity index (χ1v) is 8.06. The molecule has 0 saturated carbocycles. The smallest absolute Gasteiger partial charge is 0.0826 e. The maximum atomic E-state index is 5.81. The van der Waals surface area contributed by atoms with Crippen LogP contribution in [0, 0.1) is 0 Å². The van der Waals surface area contributed by atoms with E-state index in [2.05, 4.69) is 68.4 Å². The third kappa shape index (κ3) is 5.10. The summed E-state index contributed by atoms with van der Waals surface area (Å²) in [4.78, 5) is 2.34. The summed E-state index contributed by atoms with van der Waals surface area (Å²) in [6.45, 7) is 10.8. The summed E-state index contributed by atoms with van der Waals surface area (Å²) < 4.78 is 5.81. The Balaban J connectivity index is 1.79. The van der Waals surface area contributed by atoms with Crippen molar-refractivity contribution in [3.05, 3.63) is 35.9 Å². The van der Waals surface area contributed by atoms with Gasteiger partial charge in [-0.3, -0.25) is 0 Å². The largest absolute Gasteiger partial charge is 0.374 e. The fourth-order valence-corrected chi connectivity index (χ4v) is 3.17. The molecule has 0 aromatic heterocycles. The van der Waals surface area contributed by atoms with Crippen LogP contribution in [0.3, 0.4) is 0 Å². The number of nitrogens with one attached hydrogen (secondary N) is 1. The molecule has 1 aliphatic heterocycles. The molecule has 2 atom stereocenters. The minimum absolute atomic E-state index is 0.192. The van der Waals surface area contributed by atoms with Gasteiger partial charge in [0.05, 0.1) is 12.7 Å². The highest BCUT2D eigenvalue weighted by molar-refractivity contribution is 5.23. The number of nitrogens with zero attached hydrogens (tertiary/aromatic N) is 1. The Hall–Kier alpha value is -0.900. The average Bonchev–Trinajstić information content (AvgIpc) is 2.46. The van der Waals surface area contributed by atoms with Crippen molar-refractivity contribution in [3.63, 3.8) is 0 Å². The minimum Gasteiger partial charge on any atom is -0.374 e. The van der Waals surface area contributed by atoms with Crippen LogP contribution in [-0.2, 0) is 10.2 Å². The molecule has 0 radical (unpaired) electrons. The molecule has 1 N–H and O–H groups in total. The minimum atomic E-state index is 0.192. The Labute approximate surface area is 129 Å². The first-order valence-electron chi connectivity index (χ1n) is 8.06. The highest BCUT2D eigenvalue weighted by atomic mass is 16.5. The van der Waals surface area contributed by atoms with Gasteiger partial charge in [0.2, 0.25) is 0 Å². The van der Waals surface area contributed by atoms with Crippen LogP contribution in [0.1, 0.15) is 32.8 Å². The van der Waals surface area contributed by atoms with E-state index >= 15 is 0 Å². The summed E-state index contributed by atoms with van der Waals surface area (Å²) in [6, 6.07) is 11.3. The van der Waals surface area contributed by atoms with Crippen molar-refractivity contribution in [2.75, 3.05) is 33.3 Å². The quantitative estimate of drug-likeness (QED) is 0.872. The number of hydrogen-bond donors (Lipinski definition) is 1. The predicted octanol–water partition coefficient (Wildman–Crippen LogP) is 2.66. The van der Waals surface area contributed by atoms with Crippen LogP contribution >= 0.6 is 0 Å². The van der Waals surface area contributed by atoms with Gasteiger partial charge < -0.3 is 15.0 Å². The Kier molecular flexibility index (Phi) is 5.80. The zero-order valence-corrected chi connectivity index (χ0v) is 13.9. The third-order valence-corrected chi connectivity index (χ3v) is 4.41. The summed E-state index contributed by atoms with van der Waals surface area (Å²) in [6.07, 6.45) is 1.45. The van der Waals surface area contributed by atoms with E-state index in [4.69, 9.17) is 4.74 Å². The van der Waals surface area contributed by atoms with Gasteiger partial charge in [-0.05, 0) is 31.4 Å². The normalized spacial score (nSPS) is 22.2. The molecule has 2 rings (SSSR count). The maximum Gasteiger partial charge on any atom is 0.0826 e. The maximum absolute atomic E-state index is 5.81. The lowest BCUT2D eigenvalue weighted by Crippen LogP contribution is -2.47. The molecule has 118 valence electrons. The van der Waals surface area contributed by atoms with E-state index in [1.807, 2.05) is 0 Å². The molecule has 0 aliphatic carbocycles. The highest BCUT2D eigenvalue weighted by Gasteiger charge is 2.24. The first kappa shape index (κ1) is 16.5. The van der Waals surface area contributed by atoms with Crippen LogP contribution in [0.15, 0.2) is 30.3 Å². The van der Waals surface area contributed by atoms with Gasteiger partial charge in [-0.15, -0.1) is 0 Å². The van der Waals surface area contributed by atoms with Crippen molar-refractivity contribution in [2.24, 2.45) is 0 Å². The number of benzene rings is 1. The van der Waals surface area contributed by atoms with Crippen LogP contribution in [0.5, 0.6) is 0 Å². The summed E-state index contributed by atoms with van der Waals surface area (Å²) in [7, 11) is 2.16. The van der Waals surface area contributed by atoms with Crippen molar-refractivity contribution in [2.45, 2.75) is 44.8 Å². The Morgan fingerprint density at radius 1 is 1.33 bits per heavy atom. The van der Waals surface area contributed by atoms with Crippen LogP contribution in [0.4, 0.5) is 0 Å². The summed E-state index contributed by atoms with van der Waals surface area (Å²) in [5.74, 6) is 0. The van der Waals surface area contributed by atoms with Crippen molar-refractivity contribution >= 4 is 0 Å². The highest BCUT2D eigenvalue weighted by Crippen LogP contribution is 2.28. The van der Waals surface area contributed by atoms with Crippen LogP contribution in [0.25, 0.3) is 0 Å². The van der Waals surface area contributed by atoms with Crippen LogP contribution in [-0.4, -0.2) is 50.3 Å². The lowest BCUT2D eigenvalue weighted by Gasteiger charge is -2.33. The lowest BCUT2D eigenvalue weighted by molar-refractivity contribution is -0.0193. The number of morpholine rings is 1. The molecule has 1 aromatic rings. The molecule has 1 heterocycles. The molecule has 3 heteroatoms. The fraction of sp³-hybridized carbons (Fsp3) is 0.667. The van der Waals surface area contributed by atoms with Crippen LogP contribution in [0.2, 0.25) is 0 Å². The summed E-state index contributed by atoms with van der Waals surface area (Å²) >= 11 is 0. The average molecular weight is 290 g/mol. The van der Waals surface area contributed by atoms with Gasteiger partial charge in [-0.25, -0.2) is 0 Å². The van der Waals surface area contributed by atoms with Crippen LogP contribution < -0.4 is 5.32 Å². The fourth-order valence-electron chi connectivity index (χ4n) is 3.17. The molecule has 1 aliphatic rings. The van der Waals surface area contributed by atoms with E-state index in [1.165, 1.54) is 5.56 Å². The molecule has 3 nitrogen and oxygen atoms in total. The van der Waals surface area contributed by atoms with Crippen molar-refractivity contribution in [1.29, 1.82) is 0 Å². The van der Waals surface area contributed by atoms with E-state index in [0.29, 0.717) is 12.1 Å². The van der Waals surface area contributed by atoms with Gasteiger partial charge in [0, 0.05) is 25.7 Å². The summed E-state index contributed by atoms with van der Waals surface area (Å²) in [5.41, 5.74) is 1.60. The number of ether oxygens (including phenoxy) is 1. The Bertz CT molecular complexity index is 418. The lowest BCUT2D eigenvalue weighted by atomic mass is 9.79. The predicted molar refractivity (Wildman–Crippen MR) is 88.8 cm³/mol. The zero-order valence-electron chi connectivity index (χ0n) is 13.9. The molecular weight excluding hydrogens is 260 g/mol. The second-order valence-corrected chi connectivity index (χ2v) is 7.02. The van der Waals surface area contributed by atoms with Gasteiger partial charge in [-0.2, -0.15) is 0 Å². The molecule has 0 amide bonds. The number of likely N-dealkylation sites (N-methyl/N-ethyl adjacent to an activating group) is 1. The van der Waals surface area contributed by atoms with Crippen molar-refractivity contribution in [1.82, 2.24) is 10.2 Å². The second kappa shape index (κ2) is 7.39. The van der Waals surface area contributed by atoms with E-state index in [9.17, 15) is 0 Å². The molecular formula is C18H30N2O. The van der Waals surface area contributed by atoms with E-state index < -0.39 is 0 Å². The Morgan fingerprint density at radius 3 is 2.71 bits per heavy atom. The van der Waals surface area contributed by atoms with E-state index in [1.54, 1.807) is 0 Å². The molecule has 2 unspecified atom stereocenters. The second-order valence-electron chi connectivity index (χ2n) is 7.02. The van der Waals surface area contributed by atoms with Gasteiger partial charge >= 0.3 is 0 Å². The topological polar surface area (TPSA) is 24.5 Å². The molecule has 1 aromatic carbocycles. The van der Waals surface area contributed by atoms with Gasteiger partial charge in [0.25, 0.3) is 0 Å². The molecule has 0 spiro atoms. The third-order valence-electron chi connectivity index (χ3n) is 4.41. The number of rotatable bonds is 6. The monoisotopic (exact) mass is 290 g/mol. The van der Waals surface area contributed by atoms with Gasteiger partial charge in [0.15, 0.2) is 0 Å². The molecule has 21 heavy (non-hydrogen) atoms. The molecule has 1 saturated heterocycles. The standard InChI is InChI=1S/C18H30N2O/c1-15(19-13-17-14-20(4)10-11-21-17)12-18(2,3)16-8-6-5-7-9-16/h5-9,15,17,19H,10-14H2,1-4H3. The van der Waals surface area contributed by atoms with Gasteiger partial charge in [0.1, 0.15) is 0 Å². The van der Waals surface area contributed by atoms with Gasteiger partial charge in [-0.1, -0.05) is 44.2 Å². The first-order chi connectivity index (χ1) is 9.97. The zero-order chi connectivity index (χ0) is 15.3. The summed E-state index contributed by atoms with van der Waals surface area (Å²) in [5, 5.41) is 3.65. The van der Waals surface area contributed by atoms with E-state index in [0.717, 1.165) is 32.7 Å². The SMILES string of the molecule is CC(CC(C)(C)c1ccccc1)NCC1CN(C)CCO1. The van der Waals surface area contributed by atoms with Crippen molar-refractivity contribution < 1.29 is 4.74 Å². The molecule has 0 bridgehead atoms.